The number of methoxy groups -OCH3 is 1. The number of anilines is 1. The third-order valence-electron chi connectivity index (χ3n) is 4.67. The number of aryl methyl sites for hydroxylation is 2. The van der Waals surface area contributed by atoms with Crippen molar-refractivity contribution in [1.29, 1.82) is 0 Å². The Morgan fingerprint density at radius 3 is 2.57 bits per heavy atom. The third kappa shape index (κ3) is 3.71. The lowest BCUT2D eigenvalue weighted by Gasteiger charge is -2.23. The lowest BCUT2D eigenvalue weighted by molar-refractivity contribution is 0.0983. The molecule has 0 atom stereocenters. The summed E-state index contributed by atoms with van der Waals surface area (Å²) in [6.07, 6.45) is 0. The van der Waals surface area contributed by atoms with E-state index >= 15 is 0 Å². The Morgan fingerprint density at radius 1 is 1.10 bits per heavy atom. The third-order valence-corrected chi connectivity index (χ3v) is 4.67. The van der Waals surface area contributed by atoms with Crippen LogP contribution in [0, 0.1) is 19.7 Å². The van der Waals surface area contributed by atoms with Gasteiger partial charge in [-0.1, -0.05) is 12.1 Å². The lowest BCUT2D eigenvalue weighted by Crippen LogP contribution is -2.31. The topological polar surface area (TPSA) is 72.6 Å². The lowest BCUT2D eigenvalue weighted by atomic mass is 10.1. The summed E-state index contributed by atoms with van der Waals surface area (Å²) >= 11 is 0. The summed E-state index contributed by atoms with van der Waals surface area (Å²) in [7, 11) is 1.54. The smallest absolute Gasteiger partial charge is 0.258 e. The first-order valence-corrected chi connectivity index (χ1v) is 9.36. The average molecular weight is 405 g/mol. The first-order valence-electron chi connectivity index (χ1n) is 9.36. The zero-order valence-electron chi connectivity index (χ0n) is 16.8. The van der Waals surface area contributed by atoms with Crippen molar-refractivity contribution in [1.82, 2.24) is 19.6 Å². The Morgan fingerprint density at radius 2 is 1.83 bits per heavy atom. The Labute approximate surface area is 172 Å². The second-order valence-electron chi connectivity index (χ2n) is 6.85. The van der Waals surface area contributed by atoms with E-state index in [0.717, 1.165) is 11.4 Å². The van der Waals surface area contributed by atoms with Crippen LogP contribution < -0.4 is 9.64 Å². The molecular weight excluding hydrogens is 385 g/mol. The van der Waals surface area contributed by atoms with Gasteiger partial charge in [-0.05, 0) is 56.3 Å². The molecule has 4 aromatic rings. The summed E-state index contributed by atoms with van der Waals surface area (Å²) in [5.74, 6) is 0.699. The fraction of sp³-hybridized carbons (Fsp3) is 0.182. The molecule has 30 heavy (non-hydrogen) atoms. The number of carbonyl (C=O) groups excluding carboxylic acids is 1. The van der Waals surface area contributed by atoms with E-state index in [1.807, 2.05) is 32.0 Å². The van der Waals surface area contributed by atoms with Crippen molar-refractivity contribution in [3.8, 4) is 5.75 Å². The van der Waals surface area contributed by atoms with Gasteiger partial charge >= 0.3 is 0 Å². The molecule has 7 nitrogen and oxygen atoms in total. The van der Waals surface area contributed by atoms with E-state index < -0.39 is 5.82 Å². The molecule has 2 aromatic carbocycles. The summed E-state index contributed by atoms with van der Waals surface area (Å²) < 4.78 is 20.4. The van der Waals surface area contributed by atoms with Gasteiger partial charge in [-0.3, -0.25) is 9.69 Å². The zero-order valence-corrected chi connectivity index (χ0v) is 16.8. The van der Waals surface area contributed by atoms with Gasteiger partial charge in [-0.25, -0.2) is 13.9 Å². The molecule has 0 unspecified atom stereocenters. The van der Waals surface area contributed by atoms with Gasteiger partial charge in [0, 0.05) is 17.0 Å². The first-order chi connectivity index (χ1) is 14.5. The van der Waals surface area contributed by atoms with Crippen molar-refractivity contribution in [2.45, 2.75) is 20.4 Å². The van der Waals surface area contributed by atoms with E-state index in [9.17, 15) is 9.18 Å². The molecule has 0 radical (unpaired) electrons. The normalized spacial score (nSPS) is 10.9. The average Bonchev–Trinajstić information content (AvgIpc) is 3.15. The van der Waals surface area contributed by atoms with Crippen molar-refractivity contribution in [2.24, 2.45) is 0 Å². The molecule has 8 heteroatoms. The van der Waals surface area contributed by atoms with Crippen LogP contribution in [0.1, 0.15) is 27.6 Å². The van der Waals surface area contributed by atoms with Crippen LogP contribution >= 0.6 is 0 Å². The van der Waals surface area contributed by atoms with Crippen molar-refractivity contribution in [2.75, 3.05) is 12.0 Å². The number of aromatic nitrogens is 4. The molecule has 0 saturated heterocycles. The predicted octanol–water partition coefficient (Wildman–Crippen LogP) is 3.74. The Balaban J connectivity index is 1.78. The molecule has 4 rings (SSSR count). The maximum absolute atomic E-state index is 13.4. The fourth-order valence-electron chi connectivity index (χ4n) is 3.28. The number of hydrogen-bond acceptors (Lipinski definition) is 5. The van der Waals surface area contributed by atoms with E-state index in [0.29, 0.717) is 28.6 Å². The molecule has 0 saturated carbocycles. The Hall–Kier alpha value is -3.81. The van der Waals surface area contributed by atoms with Crippen molar-refractivity contribution in [3.05, 3.63) is 83.2 Å². The van der Waals surface area contributed by atoms with Gasteiger partial charge in [0.2, 0.25) is 0 Å². The van der Waals surface area contributed by atoms with Crippen LogP contribution in [-0.4, -0.2) is 32.6 Å². The summed E-state index contributed by atoms with van der Waals surface area (Å²) in [5.41, 5.74) is 2.64. The molecular formula is C22H20FN5O2. The van der Waals surface area contributed by atoms with Crippen LogP contribution in [0.5, 0.6) is 5.75 Å². The summed E-state index contributed by atoms with van der Waals surface area (Å²) in [4.78, 5) is 23.7. The van der Waals surface area contributed by atoms with Gasteiger partial charge in [-0.15, -0.1) is 5.10 Å². The standard InChI is InChI=1S/C22H20FN5O2/c1-14-12-15(2)28-22(24-14)25-20(26-28)13-27(18-6-4-5-7-19(18)30-3)21(29)16-8-10-17(23)11-9-16/h4-12H,13H2,1-3H3. The number of halogens is 1. The molecule has 0 aliphatic carbocycles. The Bertz CT molecular complexity index is 1220. The van der Waals surface area contributed by atoms with Crippen LogP contribution in [-0.2, 0) is 6.54 Å². The number of para-hydroxylation sites is 2. The van der Waals surface area contributed by atoms with Gasteiger partial charge in [0.25, 0.3) is 11.7 Å². The highest BCUT2D eigenvalue weighted by atomic mass is 19.1. The molecule has 2 aromatic heterocycles. The van der Waals surface area contributed by atoms with Gasteiger partial charge in [0.05, 0.1) is 19.3 Å². The fourth-order valence-corrected chi connectivity index (χ4v) is 3.28. The van der Waals surface area contributed by atoms with Crippen molar-refractivity contribution in [3.63, 3.8) is 0 Å². The van der Waals surface area contributed by atoms with E-state index in [1.54, 1.807) is 23.8 Å². The zero-order chi connectivity index (χ0) is 21.3. The minimum absolute atomic E-state index is 0.0957. The highest BCUT2D eigenvalue weighted by Crippen LogP contribution is 2.30. The number of fused-ring (bicyclic) bond motifs is 1. The molecule has 152 valence electrons. The van der Waals surface area contributed by atoms with Gasteiger partial charge in [-0.2, -0.15) is 4.98 Å². The van der Waals surface area contributed by atoms with Crippen molar-refractivity contribution >= 4 is 17.4 Å². The second-order valence-corrected chi connectivity index (χ2v) is 6.85. The minimum Gasteiger partial charge on any atom is -0.495 e. The van der Waals surface area contributed by atoms with E-state index in [4.69, 9.17) is 4.74 Å². The molecule has 0 spiro atoms. The van der Waals surface area contributed by atoms with Crippen molar-refractivity contribution < 1.29 is 13.9 Å². The van der Waals surface area contributed by atoms with Gasteiger partial charge < -0.3 is 4.74 Å². The van der Waals surface area contributed by atoms with E-state index in [1.165, 1.54) is 29.2 Å². The first kappa shape index (κ1) is 19.5. The van der Waals surface area contributed by atoms with Crippen LogP contribution in [0.25, 0.3) is 5.78 Å². The predicted molar refractivity (Wildman–Crippen MR) is 110 cm³/mol. The number of nitrogens with zero attached hydrogens (tertiary/aromatic N) is 5. The molecule has 0 bridgehead atoms. The van der Waals surface area contributed by atoms with E-state index in [-0.39, 0.29) is 12.5 Å². The molecule has 0 fully saturated rings. The number of rotatable bonds is 5. The van der Waals surface area contributed by atoms with Crippen LogP contribution in [0.4, 0.5) is 10.1 Å². The maximum atomic E-state index is 13.4. The largest absolute Gasteiger partial charge is 0.495 e. The molecule has 1 amide bonds. The van der Waals surface area contributed by atoms with Crippen LogP contribution in [0.2, 0.25) is 0 Å². The summed E-state index contributed by atoms with van der Waals surface area (Å²) in [5, 5.41) is 4.51. The summed E-state index contributed by atoms with van der Waals surface area (Å²) in [6.45, 7) is 3.90. The number of ether oxygens (including phenoxy) is 1. The number of hydrogen-bond donors (Lipinski definition) is 0. The highest BCUT2D eigenvalue weighted by Gasteiger charge is 2.23. The minimum atomic E-state index is -0.408. The van der Waals surface area contributed by atoms with Gasteiger partial charge in [0.15, 0.2) is 5.82 Å². The second kappa shape index (κ2) is 7.90. The number of carbonyl (C=O) groups is 1. The SMILES string of the molecule is COc1ccccc1N(Cc1nc2nc(C)cc(C)n2n1)C(=O)c1ccc(F)cc1. The summed E-state index contributed by atoms with van der Waals surface area (Å²) in [6, 6.07) is 14.5. The number of amides is 1. The van der Waals surface area contributed by atoms with Crippen LogP contribution in [0.15, 0.2) is 54.6 Å². The Kier molecular flexibility index (Phi) is 5.14. The number of benzene rings is 2. The highest BCUT2D eigenvalue weighted by molar-refractivity contribution is 6.06. The van der Waals surface area contributed by atoms with Gasteiger partial charge in [0.1, 0.15) is 11.6 Å². The monoisotopic (exact) mass is 405 g/mol. The quantitative estimate of drug-likeness (QED) is 0.506. The molecule has 0 aliphatic rings. The molecule has 0 aliphatic heterocycles. The van der Waals surface area contributed by atoms with Crippen LogP contribution in [0.3, 0.4) is 0 Å². The molecule has 0 N–H and O–H groups in total. The van der Waals surface area contributed by atoms with E-state index in [2.05, 4.69) is 15.1 Å². The maximum Gasteiger partial charge on any atom is 0.258 e. The molecule has 2 heterocycles.